The molecule has 1 aromatic carbocycles. The molecular formula is C35H48N4O3. The molecule has 226 valence electrons. The van der Waals surface area contributed by atoms with Crippen molar-refractivity contribution in [2.45, 2.75) is 99.3 Å². The van der Waals surface area contributed by atoms with Crippen LogP contribution >= 0.6 is 0 Å². The van der Waals surface area contributed by atoms with Crippen LogP contribution in [0.25, 0.3) is 11.1 Å². The number of ether oxygens (including phenoxy) is 1. The Labute approximate surface area is 251 Å². The average Bonchev–Trinajstić information content (AvgIpc) is 3.30. The standard InChI is InChI=1S/C35H48N4O3/c1-22-27(11-15-36-22)20-38-16-12-25-19-26(9-10-28(25)21-38)29-23(2)37-24(3)30(32(33(40)41)42-34(4,5)6)31(29)39-17-13-35(7,8)14-18-39/h9-10,15,19,32H,11-14,16-18,20-21H2,1-8H3,(H,40,41)/t32-/m0/s1. The molecule has 0 bridgehead atoms. The van der Waals surface area contributed by atoms with Gasteiger partial charge in [-0.15, -0.1) is 0 Å². The first-order valence-corrected chi connectivity index (χ1v) is 15.4. The van der Waals surface area contributed by atoms with Crippen molar-refractivity contribution in [3.8, 4) is 11.1 Å². The molecule has 0 aliphatic carbocycles. The lowest BCUT2D eigenvalue weighted by Gasteiger charge is -2.41. The highest BCUT2D eigenvalue weighted by Gasteiger charge is 2.36. The van der Waals surface area contributed by atoms with Crippen LogP contribution in [-0.2, 0) is 22.5 Å². The third-order valence-corrected chi connectivity index (χ3v) is 9.11. The summed E-state index contributed by atoms with van der Waals surface area (Å²) in [4.78, 5) is 27.1. The first-order chi connectivity index (χ1) is 19.7. The topological polar surface area (TPSA) is 78.3 Å². The van der Waals surface area contributed by atoms with Crippen LogP contribution in [-0.4, -0.2) is 59.0 Å². The molecule has 5 rings (SSSR count). The third kappa shape index (κ3) is 6.47. The number of allylic oxidation sites excluding steroid dienone is 1. The number of hydrogen-bond donors (Lipinski definition) is 1. The lowest BCUT2D eigenvalue weighted by Crippen LogP contribution is -2.39. The summed E-state index contributed by atoms with van der Waals surface area (Å²) in [5.74, 6) is -0.980. The van der Waals surface area contributed by atoms with E-state index in [-0.39, 0.29) is 5.41 Å². The molecule has 4 heterocycles. The maximum absolute atomic E-state index is 12.8. The van der Waals surface area contributed by atoms with E-state index < -0.39 is 17.7 Å². The molecule has 3 aliphatic heterocycles. The highest BCUT2D eigenvalue weighted by Crippen LogP contribution is 2.45. The maximum atomic E-state index is 12.8. The number of aliphatic carboxylic acids is 1. The Morgan fingerprint density at radius 2 is 1.79 bits per heavy atom. The summed E-state index contributed by atoms with van der Waals surface area (Å²) in [7, 11) is 0. The van der Waals surface area contributed by atoms with Crippen molar-refractivity contribution < 1.29 is 14.6 Å². The summed E-state index contributed by atoms with van der Waals surface area (Å²) < 4.78 is 6.25. The van der Waals surface area contributed by atoms with Crippen molar-refractivity contribution in [1.82, 2.24) is 9.88 Å². The number of carbonyl (C=O) groups is 1. The van der Waals surface area contributed by atoms with Crippen molar-refractivity contribution in [1.29, 1.82) is 0 Å². The van der Waals surface area contributed by atoms with Crippen LogP contribution in [0.5, 0.6) is 0 Å². The van der Waals surface area contributed by atoms with E-state index in [0.29, 0.717) is 5.56 Å². The highest BCUT2D eigenvalue weighted by atomic mass is 16.5. The van der Waals surface area contributed by atoms with Gasteiger partial charge in [-0.1, -0.05) is 32.0 Å². The minimum Gasteiger partial charge on any atom is -0.479 e. The van der Waals surface area contributed by atoms with Gasteiger partial charge in [0.2, 0.25) is 0 Å². The molecule has 0 radical (unpaired) electrons. The Bertz CT molecular complexity index is 1420. The molecule has 2 aromatic rings. The van der Waals surface area contributed by atoms with Gasteiger partial charge in [-0.25, -0.2) is 4.79 Å². The number of piperidine rings is 1. The average molecular weight is 573 g/mol. The SMILES string of the molecule is CC1=C(CN2CCc3cc(-c4c(C)nc(C)c([C@H](OC(C)(C)C)C(=O)O)c4N4CCC(C)(C)CC4)ccc3C2)CC=N1. The molecule has 42 heavy (non-hydrogen) atoms. The van der Waals surface area contributed by atoms with Crippen LogP contribution in [0.1, 0.15) is 95.0 Å². The molecule has 0 unspecified atom stereocenters. The van der Waals surface area contributed by atoms with E-state index >= 15 is 0 Å². The van der Waals surface area contributed by atoms with Crippen LogP contribution in [0.2, 0.25) is 0 Å². The van der Waals surface area contributed by atoms with Crippen LogP contribution < -0.4 is 4.90 Å². The molecule has 1 saturated heterocycles. The summed E-state index contributed by atoms with van der Waals surface area (Å²) >= 11 is 0. The van der Waals surface area contributed by atoms with Crippen molar-refractivity contribution in [3.63, 3.8) is 0 Å². The Morgan fingerprint density at radius 1 is 1.07 bits per heavy atom. The molecular weight excluding hydrogens is 524 g/mol. The van der Waals surface area contributed by atoms with E-state index in [1.54, 1.807) is 0 Å². The molecule has 1 N–H and O–H groups in total. The lowest BCUT2D eigenvalue weighted by molar-refractivity contribution is -0.160. The summed E-state index contributed by atoms with van der Waals surface area (Å²) in [6.07, 6.45) is 4.95. The van der Waals surface area contributed by atoms with E-state index in [0.717, 1.165) is 92.3 Å². The zero-order valence-electron chi connectivity index (χ0n) is 26.8. The van der Waals surface area contributed by atoms with Crippen LogP contribution in [0.3, 0.4) is 0 Å². The molecule has 0 amide bonds. The zero-order chi connectivity index (χ0) is 30.4. The van der Waals surface area contributed by atoms with Crippen molar-refractivity contribution >= 4 is 17.9 Å². The zero-order valence-corrected chi connectivity index (χ0v) is 26.8. The molecule has 1 atom stereocenters. The van der Waals surface area contributed by atoms with Crippen molar-refractivity contribution in [2.24, 2.45) is 10.4 Å². The van der Waals surface area contributed by atoms with Gasteiger partial charge in [0.15, 0.2) is 6.10 Å². The van der Waals surface area contributed by atoms with E-state index in [1.165, 1.54) is 16.7 Å². The van der Waals surface area contributed by atoms with Gasteiger partial charge in [-0.3, -0.25) is 14.9 Å². The van der Waals surface area contributed by atoms with Crippen LogP contribution in [0.15, 0.2) is 34.5 Å². The number of benzene rings is 1. The minimum atomic E-state index is -1.11. The van der Waals surface area contributed by atoms with Crippen molar-refractivity contribution in [3.05, 3.63) is 57.5 Å². The van der Waals surface area contributed by atoms with Gasteiger partial charge in [0, 0.05) is 73.6 Å². The number of hydrogen-bond acceptors (Lipinski definition) is 6. The Morgan fingerprint density at radius 3 is 2.40 bits per heavy atom. The molecule has 7 nitrogen and oxygen atoms in total. The summed E-state index contributed by atoms with van der Waals surface area (Å²) in [5.41, 5.74) is 10.4. The number of rotatable bonds is 7. The number of aromatic nitrogens is 1. The van der Waals surface area contributed by atoms with Gasteiger partial charge in [-0.05, 0) is 88.5 Å². The van der Waals surface area contributed by atoms with Gasteiger partial charge >= 0.3 is 5.97 Å². The predicted molar refractivity (Wildman–Crippen MR) is 170 cm³/mol. The number of anilines is 1. The lowest BCUT2D eigenvalue weighted by atomic mass is 9.81. The van der Waals surface area contributed by atoms with Gasteiger partial charge in [0.05, 0.1) is 11.3 Å². The number of aliphatic imine (C=N–C) groups is 1. The minimum absolute atomic E-state index is 0.263. The molecule has 3 aliphatic rings. The smallest absolute Gasteiger partial charge is 0.337 e. The molecule has 0 spiro atoms. The maximum Gasteiger partial charge on any atom is 0.337 e. The summed E-state index contributed by atoms with van der Waals surface area (Å²) in [6.45, 7) is 21.1. The van der Waals surface area contributed by atoms with E-state index in [4.69, 9.17) is 9.72 Å². The summed E-state index contributed by atoms with van der Waals surface area (Å²) in [6, 6.07) is 6.81. The number of carboxylic acid groups (broad SMARTS) is 1. The normalized spacial score (nSPS) is 19.8. The van der Waals surface area contributed by atoms with Gasteiger partial charge in [0.25, 0.3) is 0 Å². The number of nitrogens with zero attached hydrogens (tertiary/aromatic N) is 4. The number of aryl methyl sites for hydroxylation is 2. The quantitative estimate of drug-likeness (QED) is 0.383. The van der Waals surface area contributed by atoms with E-state index in [2.05, 4.69) is 60.7 Å². The van der Waals surface area contributed by atoms with Crippen LogP contribution in [0.4, 0.5) is 5.69 Å². The predicted octanol–water partition coefficient (Wildman–Crippen LogP) is 7.04. The molecule has 0 saturated carbocycles. The fraction of sp³-hybridized carbons (Fsp3) is 0.571. The fourth-order valence-corrected chi connectivity index (χ4v) is 6.64. The summed E-state index contributed by atoms with van der Waals surface area (Å²) in [5, 5.41) is 10.5. The third-order valence-electron chi connectivity index (χ3n) is 9.11. The first-order valence-electron chi connectivity index (χ1n) is 15.4. The van der Waals surface area contributed by atoms with E-state index in [1.807, 2.05) is 33.9 Å². The van der Waals surface area contributed by atoms with E-state index in [9.17, 15) is 9.90 Å². The van der Waals surface area contributed by atoms with Gasteiger partial charge in [-0.2, -0.15) is 0 Å². The number of fused-ring (bicyclic) bond motifs is 1. The van der Waals surface area contributed by atoms with Gasteiger partial charge < -0.3 is 14.7 Å². The van der Waals surface area contributed by atoms with Crippen LogP contribution in [0, 0.1) is 19.3 Å². The Hall–Kier alpha value is -3.03. The highest BCUT2D eigenvalue weighted by molar-refractivity contribution is 5.88. The largest absolute Gasteiger partial charge is 0.479 e. The molecule has 7 heteroatoms. The van der Waals surface area contributed by atoms with Gasteiger partial charge in [0.1, 0.15) is 0 Å². The second-order valence-corrected chi connectivity index (χ2v) is 14.2. The second kappa shape index (κ2) is 11.6. The van der Waals surface area contributed by atoms with Crippen molar-refractivity contribution in [2.75, 3.05) is 31.1 Å². The number of pyridine rings is 1. The fourth-order valence-electron chi connectivity index (χ4n) is 6.64. The molecule has 1 aromatic heterocycles. The Balaban J connectivity index is 1.58. The monoisotopic (exact) mass is 572 g/mol. The Kier molecular flexibility index (Phi) is 8.38. The molecule has 1 fully saturated rings. The second-order valence-electron chi connectivity index (χ2n) is 14.2. The number of carboxylic acids is 1. The first kappa shape index (κ1) is 30.4.